The van der Waals surface area contributed by atoms with Gasteiger partial charge in [0.15, 0.2) is 0 Å². The van der Waals surface area contributed by atoms with Crippen LogP contribution in [0.3, 0.4) is 0 Å². The topological polar surface area (TPSA) is 46.2 Å². The first-order valence-corrected chi connectivity index (χ1v) is 10.2. The summed E-state index contributed by atoms with van der Waals surface area (Å²) in [5.74, 6) is 0.929. The van der Waals surface area contributed by atoms with Crippen LogP contribution in [-0.4, -0.2) is 33.0 Å². The first kappa shape index (κ1) is 16.0. The molecule has 0 heterocycles. The molecule has 0 aliphatic heterocycles. The molecule has 122 valence electrons. The lowest BCUT2D eigenvalue weighted by atomic mass is 9.56. The van der Waals surface area contributed by atoms with Gasteiger partial charge in [-0.15, -0.1) is 0 Å². The van der Waals surface area contributed by atoms with E-state index in [4.69, 9.17) is 0 Å². The van der Waals surface area contributed by atoms with Crippen LogP contribution in [0.5, 0.6) is 0 Å². The minimum Gasteiger partial charge on any atom is -0.313 e. The van der Waals surface area contributed by atoms with Crippen LogP contribution in [0, 0.1) is 10.8 Å². The van der Waals surface area contributed by atoms with Crippen molar-refractivity contribution < 1.29 is 8.42 Å². The molecule has 0 unspecified atom stereocenters. The molecule has 3 rings (SSSR count). The Balaban J connectivity index is 1.58. The molecule has 3 nitrogen and oxygen atoms in total. The monoisotopic (exact) mass is 321 g/mol. The second-order valence-electron chi connectivity index (χ2n) is 8.02. The van der Waals surface area contributed by atoms with E-state index in [1.807, 2.05) is 0 Å². The highest BCUT2D eigenvalue weighted by molar-refractivity contribution is 7.90. The van der Waals surface area contributed by atoms with Gasteiger partial charge in [-0.1, -0.05) is 44.2 Å². The van der Waals surface area contributed by atoms with Crippen LogP contribution in [0.2, 0.25) is 0 Å². The van der Waals surface area contributed by atoms with E-state index >= 15 is 0 Å². The molecule has 4 heteroatoms. The normalized spacial score (nSPS) is 28.9. The molecule has 2 saturated carbocycles. The molecule has 2 atom stereocenters. The fraction of sp³-hybridized carbons (Fsp3) is 0.667. The van der Waals surface area contributed by atoms with E-state index < -0.39 is 9.84 Å². The average Bonchev–Trinajstić information content (AvgIpc) is 3.16. The van der Waals surface area contributed by atoms with Crippen LogP contribution < -0.4 is 5.32 Å². The van der Waals surface area contributed by atoms with Crippen molar-refractivity contribution in [1.82, 2.24) is 5.32 Å². The van der Waals surface area contributed by atoms with Gasteiger partial charge in [-0.05, 0) is 41.6 Å². The summed E-state index contributed by atoms with van der Waals surface area (Å²) in [5, 5.41) is 3.67. The van der Waals surface area contributed by atoms with E-state index in [2.05, 4.69) is 49.5 Å². The molecular formula is C18H27NO2S. The van der Waals surface area contributed by atoms with Crippen molar-refractivity contribution >= 4 is 9.84 Å². The molecule has 0 saturated heterocycles. The maximum Gasteiger partial charge on any atom is 0.148 e. The summed E-state index contributed by atoms with van der Waals surface area (Å²) in [6.07, 6.45) is 4.59. The number of benzene rings is 1. The summed E-state index contributed by atoms with van der Waals surface area (Å²) in [6, 6.07) is 11.2. The summed E-state index contributed by atoms with van der Waals surface area (Å²) in [6.45, 7) is 5.49. The SMILES string of the molecule is CC1(C)[C@@H](c2ccccc2)C[C@H]1NCC1(CS(C)(=O)=O)CC1. The molecule has 2 aliphatic rings. The number of sulfone groups is 1. The molecular weight excluding hydrogens is 294 g/mol. The Morgan fingerprint density at radius 1 is 1.18 bits per heavy atom. The molecule has 2 fully saturated rings. The van der Waals surface area contributed by atoms with Crippen LogP contribution in [-0.2, 0) is 9.84 Å². The van der Waals surface area contributed by atoms with Crippen molar-refractivity contribution in [3.8, 4) is 0 Å². The molecule has 2 aliphatic carbocycles. The van der Waals surface area contributed by atoms with Gasteiger partial charge in [0.05, 0.1) is 5.75 Å². The summed E-state index contributed by atoms with van der Waals surface area (Å²) in [4.78, 5) is 0. The van der Waals surface area contributed by atoms with Crippen LogP contribution in [0.25, 0.3) is 0 Å². The quantitative estimate of drug-likeness (QED) is 0.876. The van der Waals surface area contributed by atoms with Crippen molar-refractivity contribution in [1.29, 1.82) is 0 Å². The number of hydrogen-bond acceptors (Lipinski definition) is 3. The molecule has 0 radical (unpaired) electrons. The fourth-order valence-corrected chi connectivity index (χ4v) is 5.47. The second-order valence-corrected chi connectivity index (χ2v) is 10.2. The Labute approximate surface area is 134 Å². The average molecular weight is 321 g/mol. The number of rotatable bonds is 6. The lowest BCUT2D eigenvalue weighted by Crippen LogP contribution is -2.56. The van der Waals surface area contributed by atoms with Crippen LogP contribution in [0.15, 0.2) is 30.3 Å². The van der Waals surface area contributed by atoms with Gasteiger partial charge in [0, 0.05) is 18.8 Å². The molecule has 0 spiro atoms. The Bertz CT molecular complexity index is 632. The third-order valence-corrected chi connectivity index (χ3v) is 6.86. The van der Waals surface area contributed by atoms with Gasteiger partial charge in [-0.3, -0.25) is 0 Å². The zero-order chi connectivity index (χ0) is 16.0. The molecule has 1 aromatic carbocycles. The van der Waals surface area contributed by atoms with Crippen molar-refractivity contribution in [2.24, 2.45) is 10.8 Å². The van der Waals surface area contributed by atoms with Crippen LogP contribution in [0.4, 0.5) is 0 Å². The fourth-order valence-electron chi connectivity index (χ4n) is 3.97. The minimum absolute atomic E-state index is 0.0154. The smallest absolute Gasteiger partial charge is 0.148 e. The first-order chi connectivity index (χ1) is 10.2. The molecule has 0 aromatic heterocycles. The maximum atomic E-state index is 11.6. The van der Waals surface area contributed by atoms with Crippen LogP contribution >= 0.6 is 0 Å². The molecule has 1 N–H and O–H groups in total. The van der Waals surface area contributed by atoms with E-state index in [1.54, 1.807) is 0 Å². The minimum atomic E-state index is -2.88. The van der Waals surface area contributed by atoms with Gasteiger partial charge in [0.1, 0.15) is 9.84 Å². The van der Waals surface area contributed by atoms with Gasteiger partial charge in [0.2, 0.25) is 0 Å². The largest absolute Gasteiger partial charge is 0.313 e. The highest BCUT2D eigenvalue weighted by Crippen LogP contribution is 2.53. The third-order valence-electron chi connectivity index (χ3n) is 5.72. The van der Waals surface area contributed by atoms with E-state index in [-0.39, 0.29) is 10.8 Å². The summed E-state index contributed by atoms with van der Waals surface area (Å²) in [5.41, 5.74) is 1.66. The molecule has 1 aromatic rings. The first-order valence-electron chi connectivity index (χ1n) is 8.18. The number of nitrogens with one attached hydrogen (secondary N) is 1. The predicted octanol–water partition coefficient (Wildman–Crippen LogP) is 2.98. The van der Waals surface area contributed by atoms with Gasteiger partial charge in [0.25, 0.3) is 0 Å². The van der Waals surface area contributed by atoms with Gasteiger partial charge >= 0.3 is 0 Å². The summed E-state index contributed by atoms with van der Waals surface area (Å²) >= 11 is 0. The lowest BCUT2D eigenvalue weighted by Gasteiger charge is -2.53. The van der Waals surface area contributed by atoms with E-state index in [9.17, 15) is 8.42 Å². The molecule has 22 heavy (non-hydrogen) atoms. The standard InChI is InChI=1S/C18H27NO2S/c1-17(2)15(14-7-5-4-6-8-14)11-16(17)19-12-18(9-10-18)13-22(3,20)21/h4-8,15-16,19H,9-13H2,1-3H3/t15-,16-/m1/s1. The Morgan fingerprint density at radius 3 is 2.32 bits per heavy atom. The van der Waals surface area contributed by atoms with Crippen molar-refractivity contribution in [2.45, 2.75) is 45.1 Å². The van der Waals surface area contributed by atoms with Crippen molar-refractivity contribution in [3.63, 3.8) is 0 Å². The second kappa shape index (κ2) is 5.34. The highest BCUT2D eigenvalue weighted by atomic mass is 32.2. The van der Waals surface area contributed by atoms with Gasteiger partial charge in [-0.25, -0.2) is 8.42 Å². The highest BCUT2D eigenvalue weighted by Gasteiger charge is 2.51. The van der Waals surface area contributed by atoms with E-state index in [0.717, 1.165) is 25.8 Å². The molecule has 0 bridgehead atoms. The van der Waals surface area contributed by atoms with E-state index in [0.29, 0.717) is 17.7 Å². The third kappa shape index (κ3) is 3.23. The zero-order valence-corrected chi connectivity index (χ0v) is 14.6. The maximum absolute atomic E-state index is 11.6. The predicted molar refractivity (Wildman–Crippen MR) is 90.7 cm³/mol. The number of hydrogen-bond donors (Lipinski definition) is 1. The molecule has 0 amide bonds. The van der Waals surface area contributed by atoms with E-state index in [1.165, 1.54) is 11.8 Å². The Kier molecular flexibility index (Phi) is 3.89. The van der Waals surface area contributed by atoms with Gasteiger partial charge < -0.3 is 5.32 Å². The van der Waals surface area contributed by atoms with Crippen molar-refractivity contribution in [2.75, 3.05) is 18.6 Å². The summed E-state index contributed by atoms with van der Waals surface area (Å²) in [7, 11) is -2.88. The lowest BCUT2D eigenvalue weighted by molar-refractivity contribution is 0.0657. The van der Waals surface area contributed by atoms with Crippen molar-refractivity contribution in [3.05, 3.63) is 35.9 Å². The van der Waals surface area contributed by atoms with Crippen LogP contribution in [0.1, 0.15) is 44.6 Å². The summed E-state index contributed by atoms with van der Waals surface area (Å²) < 4.78 is 23.1. The zero-order valence-electron chi connectivity index (χ0n) is 13.8. The Hall–Kier alpha value is -0.870. The van der Waals surface area contributed by atoms with Gasteiger partial charge in [-0.2, -0.15) is 0 Å². The Morgan fingerprint density at radius 2 is 1.82 bits per heavy atom.